The number of aromatic nitrogens is 1. The van der Waals surface area contributed by atoms with E-state index in [0.29, 0.717) is 3.79 Å². The third-order valence-electron chi connectivity index (χ3n) is 2.20. The molecule has 122 valence electrons. The summed E-state index contributed by atoms with van der Waals surface area (Å²) in [5.41, 5.74) is 0. The summed E-state index contributed by atoms with van der Waals surface area (Å²) in [5.74, 6) is -0.0311. The molecule has 23 heavy (non-hydrogen) atoms. The summed E-state index contributed by atoms with van der Waals surface area (Å²) in [4.78, 5) is 13.4. The van der Waals surface area contributed by atoms with Crippen molar-refractivity contribution in [3.05, 3.63) is 39.4 Å². The Balaban J connectivity index is 0.00000264. The van der Waals surface area contributed by atoms with Crippen molar-refractivity contribution >= 4 is 56.5 Å². The number of nitrogens with one attached hydrogen (secondary N) is 1. The number of rotatable bonds is 6. The second kappa shape index (κ2) is 8.75. The molecule has 2 N–H and O–H groups in total. The largest absolute Gasteiger partial charge is 1.00 e. The van der Waals surface area contributed by atoms with Gasteiger partial charge in [-0.1, -0.05) is 11.6 Å². The van der Waals surface area contributed by atoms with Gasteiger partial charge in [0.25, 0.3) is 10.0 Å². The van der Waals surface area contributed by atoms with Crippen molar-refractivity contribution in [1.82, 2.24) is 9.71 Å². The van der Waals surface area contributed by atoms with Gasteiger partial charge in [-0.3, -0.25) is 4.98 Å². The molecule has 0 saturated carbocycles. The second-order valence-electron chi connectivity index (χ2n) is 3.93. The number of halogens is 2. The first-order valence-corrected chi connectivity index (χ1v) is 10.8. The van der Waals surface area contributed by atoms with Crippen LogP contribution in [0.15, 0.2) is 38.6 Å². The monoisotopic (exact) mass is 470 g/mol. The van der Waals surface area contributed by atoms with Crippen LogP contribution >= 0.6 is 46.5 Å². The van der Waals surface area contributed by atoms with Gasteiger partial charge in [-0.25, -0.2) is 13.0 Å². The van der Waals surface area contributed by atoms with E-state index in [0.717, 1.165) is 11.3 Å². The van der Waals surface area contributed by atoms with E-state index in [9.17, 15) is 17.9 Å². The molecule has 1 atom stereocenters. The molecule has 0 spiro atoms. The van der Waals surface area contributed by atoms with Crippen LogP contribution < -0.4 is 38.8 Å². The SMILES string of the molecule is O=P(O)(CNS(=O)(=O)c1ccc(Br)s1)Oc1cncc(Cl)c1.[H-].[Na+]. The average molecular weight is 472 g/mol. The van der Waals surface area contributed by atoms with Crippen LogP contribution in [0.4, 0.5) is 0 Å². The summed E-state index contributed by atoms with van der Waals surface area (Å²) in [6, 6.07) is 4.23. The summed E-state index contributed by atoms with van der Waals surface area (Å²) in [7, 11) is -8.13. The van der Waals surface area contributed by atoms with E-state index in [1.807, 2.05) is 4.72 Å². The van der Waals surface area contributed by atoms with Crippen LogP contribution in [0.5, 0.6) is 5.75 Å². The van der Waals surface area contributed by atoms with Crippen molar-refractivity contribution in [2.24, 2.45) is 0 Å². The van der Waals surface area contributed by atoms with Gasteiger partial charge in [0.2, 0.25) is 0 Å². The van der Waals surface area contributed by atoms with Crippen molar-refractivity contribution in [2.45, 2.75) is 4.21 Å². The number of thiophene rings is 1. The molecule has 0 aliphatic rings. The van der Waals surface area contributed by atoms with Crippen molar-refractivity contribution < 1.29 is 53.4 Å². The fourth-order valence-corrected chi connectivity index (χ4v) is 6.02. The smallest absolute Gasteiger partial charge is 1.00 e. The molecule has 0 saturated heterocycles. The van der Waals surface area contributed by atoms with E-state index in [-0.39, 0.29) is 46.0 Å². The minimum atomic E-state index is -4.24. The standard InChI is InChI=1S/C10H9BrClN2O5PS2.Na.H/c11-9-1-2-10(21-9)22(17,18)14-6-20(15,16)19-8-3-7(12)4-13-5-8;;/h1-5,14H,6H2,(H,15,16);;/q;+1;-1. The van der Waals surface area contributed by atoms with Gasteiger partial charge in [-0.05, 0) is 28.1 Å². The van der Waals surface area contributed by atoms with Crippen molar-refractivity contribution in [3.8, 4) is 5.75 Å². The zero-order valence-corrected chi connectivity index (χ0v) is 18.5. The van der Waals surface area contributed by atoms with Crippen LogP contribution in [0.3, 0.4) is 0 Å². The molecule has 0 aliphatic carbocycles. The van der Waals surface area contributed by atoms with Gasteiger partial charge in [0.15, 0.2) is 0 Å². The van der Waals surface area contributed by atoms with Gasteiger partial charge in [-0.2, -0.15) is 4.72 Å². The third kappa shape index (κ3) is 6.74. The molecule has 2 aromatic heterocycles. The molecule has 1 unspecified atom stereocenters. The third-order valence-corrected chi connectivity index (χ3v) is 7.19. The van der Waals surface area contributed by atoms with E-state index >= 15 is 0 Å². The quantitative estimate of drug-likeness (QED) is 0.460. The second-order valence-corrected chi connectivity index (χ2v) is 10.6. The van der Waals surface area contributed by atoms with Crippen molar-refractivity contribution in [1.29, 1.82) is 0 Å². The molecule has 2 rings (SSSR count). The predicted octanol–water partition coefficient (Wildman–Crippen LogP) is 0.176. The Labute approximate surface area is 173 Å². The Hall–Kier alpha value is 0.520. The van der Waals surface area contributed by atoms with Crippen LogP contribution in [0.1, 0.15) is 1.43 Å². The van der Waals surface area contributed by atoms with Crippen molar-refractivity contribution in [2.75, 3.05) is 6.29 Å². The van der Waals surface area contributed by atoms with Crippen LogP contribution in [0.2, 0.25) is 5.02 Å². The van der Waals surface area contributed by atoms with Gasteiger partial charge in [0.05, 0.1) is 15.0 Å². The summed E-state index contributed by atoms with van der Waals surface area (Å²) < 4.78 is 43.3. The molecule has 2 aromatic rings. The van der Waals surface area contributed by atoms with Gasteiger partial charge in [-0.15, -0.1) is 11.3 Å². The Bertz CT molecular complexity index is 840. The van der Waals surface area contributed by atoms with Crippen molar-refractivity contribution in [3.63, 3.8) is 0 Å². The molecule has 0 radical (unpaired) electrons. The first-order chi connectivity index (χ1) is 10.2. The molecule has 0 bridgehead atoms. The summed E-state index contributed by atoms with van der Waals surface area (Å²) in [6.45, 7) is 0. The molecule has 2 heterocycles. The molecule has 0 fully saturated rings. The topological polar surface area (TPSA) is 106 Å². The predicted molar refractivity (Wildman–Crippen MR) is 88.0 cm³/mol. The molecule has 7 nitrogen and oxygen atoms in total. The zero-order valence-electron chi connectivity index (χ0n) is 12.6. The Morgan fingerprint density at radius 1 is 1.48 bits per heavy atom. The van der Waals surface area contributed by atoms with Gasteiger partial charge >= 0.3 is 37.2 Å². The maximum Gasteiger partial charge on any atom is 1.00 e. The van der Waals surface area contributed by atoms with Crippen LogP contribution in [0, 0.1) is 0 Å². The van der Waals surface area contributed by atoms with E-state index < -0.39 is 23.9 Å². The maximum absolute atomic E-state index is 12.0. The first kappa shape index (κ1) is 21.6. The number of pyridine rings is 1. The maximum atomic E-state index is 12.0. The Kier molecular flexibility index (Phi) is 8.21. The number of sulfonamides is 1. The molecular formula is C10H10BrClN2NaO5PS2. The van der Waals surface area contributed by atoms with E-state index in [4.69, 9.17) is 16.1 Å². The molecule has 13 heteroatoms. The first-order valence-electron chi connectivity index (χ1n) is 5.55. The molecule has 0 aromatic carbocycles. The van der Waals surface area contributed by atoms with E-state index in [1.165, 1.54) is 24.5 Å². The normalized spacial score (nSPS) is 13.9. The Morgan fingerprint density at radius 2 is 2.17 bits per heavy atom. The minimum absolute atomic E-state index is 0. The Morgan fingerprint density at radius 3 is 2.74 bits per heavy atom. The fourth-order valence-electron chi connectivity index (χ4n) is 1.32. The molecule has 0 aliphatic heterocycles. The summed E-state index contributed by atoms with van der Waals surface area (Å²) >= 11 is 9.80. The number of hydrogen-bond donors (Lipinski definition) is 2. The average Bonchev–Trinajstić information content (AvgIpc) is 2.84. The van der Waals surface area contributed by atoms with Crippen LogP contribution in [0.25, 0.3) is 0 Å². The summed E-state index contributed by atoms with van der Waals surface area (Å²) in [5, 5.41) is 0.224. The number of nitrogens with zero attached hydrogens (tertiary/aromatic N) is 1. The molecule has 0 amide bonds. The van der Waals surface area contributed by atoms with Gasteiger partial charge < -0.3 is 10.8 Å². The van der Waals surface area contributed by atoms with Gasteiger partial charge in [0.1, 0.15) is 16.2 Å². The van der Waals surface area contributed by atoms with Crippen LogP contribution in [-0.4, -0.2) is 24.6 Å². The van der Waals surface area contributed by atoms with E-state index in [1.54, 1.807) is 6.07 Å². The van der Waals surface area contributed by atoms with Crippen LogP contribution in [-0.2, 0) is 14.6 Å². The van der Waals surface area contributed by atoms with Gasteiger partial charge in [0, 0.05) is 12.3 Å². The molecular weight excluding hydrogens is 462 g/mol. The van der Waals surface area contributed by atoms with E-state index in [2.05, 4.69) is 20.9 Å². The number of hydrogen-bond acceptors (Lipinski definition) is 6. The fraction of sp³-hybridized carbons (Fsp3) is 0.100. The zero-order chi connectivity index (χ0) is 16.4. The minimum Gasteiger partial charge on any atom is -1.00 e. The summed E-state index contributed by atoms with van der Waals surface area (Å²) in [6.07, 6.45) is 1.74.